The number of nitrogens with one attached hydrogen (secondary N) is 1. The maximum absolute atomic E-state index is 12.2. The molecule has 25 heavy (non-hydrogen) atoms. The molecule has 0 unspecified atom stereocenters. The maximum Gasteiger partial charge on any atom is 0.323 e. The third-order valence-electron chi connectivity index (χ3n) is 3.37. The number of hydrogen-bond donors (Lipinski definition) is 2. The van der Waals surface area contributed by atoms with Gasteiger partial charge in [0.25, 0.3) is 0 Å². The van der Waals surface area contributed by atoms with Gasteiger partial charge in [-0.15, -0.1) is 0 Å². The van der Waals surface area contributed by atoms with E-state index in [9.17, 15) is 22.8 Å². The summed E-state index contributed by atoms with van der Waals surface area (Å²) in [5, 5.41) is 8.79. The zero-order valence-corrected chi connectivity index (χ0v) is 15.0. The Bertz CT molecular complexity index is 727. The number of amides is 1. The average Bonchev–Trinajstić information content (AvgIpc) is 2.53. The minimum Gasteiger partial charge on any atom is -0.480 e. The first-order valence-electron chi connectivity index (χ1n) is 7.77. The minimum absolute atomic E-state index is 0.0131. The number of benzene rings is 1. The molecule has 0 radical (unpaired) electrons. The Morgan fingerprint density at radius 1 is 1.16 bits per heavy atom. The van der Waals surface area contributed by atoms with Gasteiger partial charge in [0.05, 0.1) is 4.90 Å². The fourth-order valence-corrected chi connectivity index (χ4v) is 3.16. The lowest BCUT2D eigenvalue weighted by atomic mass is 10.2. The number of rotatable bonds is 10. The van der Waals surface area contributed by atoms with Gasteiger partial charge in [0.15, 0.2) is 5.78 Å². The summed E-state index contributed by atoms with van der Waals surface area (Å²) in [4.78, 5) is 35.1. The number of carbonyl (C=O) groups is 3. The van der Waals surface area contributed by atoms with Crippen LogP contribution in [0, 0.1) is 0 Å². The van der Waals surface area contributed by atoms with Crippen LogP contribution in [0.25, 0.3) is 0 Å². The molecule has 0 aliphatic carbocycles. The zero-order valence-electron chi connectivity index (χ0n) is 14.2. The standard InChI is InChI=1S/C16H22N2O6S/c1-3-10-18(11-16(21)22)15(20)8-9-17-25(23,24)14-6-4-13(5-7-14)12(2)19/h4-7,17H,3,8-11H2,1-2H3,(H,21,22). The van der Waals surface area contributed by atoms with Gasteiger partial charge in [-0.25, -0.2) is 13.1 Å². The fourth-order valence-electron chi connectivity index (χ4n) is 2.13. The quantitative estimate of drug-likeness (QED) is 0.590. The highest BCUT2D eigenvalue weighted by Crippen LogP contribution is 2.11. The number of carboxylic acids is 1. The Morgan fingerprint density at radius 3 is 2.24 bits per heavy atom. The van der Waals surface area contributed by atoms with Crippen molar-refractivity contribution >= 4 is 27.7 Å². The molecule has 0 spiro atoms. The maximum atomic E-state index is 12.2. The van der Waals surface area contributed by atoms with Gasteiger partial charge in [0, 0.05) is 25.1 Å². The predicted molar refractivity (Wildman–Crippen MR) is 90.8 cm³/mol. The minimum atomic E-state index is -3.81. The molecule has 0 saturated carbocycles. The van der Waals surface area contributed by atoms with Crippen LogP contribution in [0.15, 0.2) is 29.2 Å². The van der Waals surface area contributed by atoms with Crippen LogP contribution in [0.1, 0.15) is 37.0 Å². The first kappa shape index (κ1) is 20.8. The van der Waals surface area contributed by atoms with Gasteiger partial charge in [-0.05, 0) is 25.5 Å². The number of carboxylic acid groups (broad SMARTS) is 1. The molecular formula is C16H22N2O6S. The Morgan fingerprint density at radius 2 is 1.76 bits per heavy atom. The number of sulfonamides is 1. The van der Waals surface area contributed by atoms with Gasteiger partial charge in [0.1, 0.15) is 6.54 Å². The van der Waals surface area contributed by atoms with Crippen LogP contribution in [0.5, 0.6) is 0 Å². The van der Waals surface area contributed by atoms with Crippen molar-refractivity contribution in [2.45, 2.75) is 31.6 Å². The second-order valence-electron chi connectivity index (χ2n) is 5.44. The number of hydrogen-bond acceptors (Lipinski definition) is 5. The Labute approximate surface area is 146 Å². The summed E-state index contributed by atoms with van der Waals surface area (Å²) >= 11 is 0. The van der Waals surface area contributed by atoms with E-state index in [0.717, 1.165) is 0 Å². The van der Waals surface area contributed by atoms with Crippen LogP contribution in [0.4, 0.5) is 0 Å². The third kappa shape index (κ3) is 6.63. The summed E-state index contributed by atoms with van der Waals surface area (Å²) in [5.41, 5.74) is 0.401. The third-order valence-corrected chi connectivity index (χ3v) is 4.85. The van der Waals surface area contributed by atoms with Gasteiger partial charge < -0.3 is 10.0 Å². The van der Waals surface area contributed by atoms with Crippen LogP contribution >= 0.6 is 0 Å². The Hall–Kier alpha value is -2.26. The molecule has 0 atom stereocenters. The molecule has 0 heterocycles. The number of aliphatic carboxylic acids is 1. The van der Waals surface area contributed by atoms with Crippen molar-refractivity contribution in [3.05, 3.63) is 29.8 Å². The lowest BCUT2D eigenvalue weighted by Crippen LogP contribution is -2.38. The molecule has 1 rings (SSSR count). The van der Waals surface area contributed by atoms with E-state index in [-0.39, 0.29) is 23.6 Å². The van der Waals surface area contributed by atoms with E-state index in [1.807, 2.05) is 6.92 Å². The molecule has 0 fully saturated rings. The topological polar surface area (TPSA) is 121 Å². The molecule has 2 N–H and O–H groups in total. The van der Waals surface area contributed by atoms with Crippen molar-refractivity contribution in [1.29, 1.82) is 0 Å². The van der Waals surface area contributed by atoms with Crippen LogP contribution in [0.2, 0.25) is 0 Å². The smallest absolute Gasteiger partial charge is 0.323 e. The van der Waals surface area contributed by atoms with E-state index in [1.54, 1.807) is 0 Å². The summed E-state index contributed by atoms with van der Waals surface area (Å²) in [5.74, 6) is -1.72. The molecule has 0 bridgehead atoms. The lowest BCUT2D eigenvalue weighted by molar-refractivity contribution is -0.144. The van der Waals surface area contributed by atoms with E-state index in [1.165, 1.54) is 36.1 Å². The zero-order chi connectivity index (χ0) is 19.0. The number of carbonyl (C=O) groups excluding carboxylic acids is 2. The Kier molecular flexibility index (Phi) is 7.72. The highest BCUT2D eigenvalue weighted by Gasteiger charge is 2.18. The predicted octanol–water partition coefficient (Wildman–Crippen LogP) is 0.881. The van der Waals surface area contributed by atoms with Crippen molar-refractivity contribution in [1.82, 2.24) is 9.62 Å². The normalized spacial score (nSPS) is 11.1. The highest BCUT2D eigenvalue weighted by molar-refractivity contribution is 7.89. The molecule has 138 valence electrons. The summed E-state index contributed by atoms with van der Waals surface area (Å²) in [6, 6.07) is 5.46. The number of ketones is 1. The molecule has 0 saturated heterocycles. The number of Topliss-reactive ketones (excluding diaryl/α,β-unsaturated/α-hetero) is 1. The molecule has 8 nitrogen and oxygen atoms in total. The summed E-state index contributed by atoms with van der Waals surface area (Å²) < 4.78 is 26.6. The molecule has 0 aliphatic heterocycles. The second-order valence-corrected chi connectivity index (χ2v) is 7.20. The van der Waals surface area contributed by atoms with E-state index in [0.29, 0.717) is 18.5 Å². The molecular weight excluding hydrogens is 348 g/mol. The van der Waals surface area contributed by atoms with E-state index in [4.69, 9.17) is 5.11 Å². The van der Waals surface area contributed by atoms with Gasteiger partial charge in [-0.3, -0.25) is 14.4 Å². The largest absolute Gasteiger partial charge is 0.480 e. The van der Waals surface area contributed by atoms with Crippen molar-refractivity contribution < 1.29 is 27.9 Å². The van der Waals surface area contributed by atoms with Crippen molar-refractivity contribution in [3.63, 3.8) is 0 Å². The molecule has 1 aromatic rings. The SMILES string of the molecule is CCCN(CC(=O)O)C(=O)CCNS(=O)(=O)c1ccc(C(C)=O)cc1. The van der Waals surface area contributed by atoms with Crippen LogP contribution in [-0.4, -0.2) is 55.7 Å². The summed E-state index contributed by atoms with van der Waals surface area (Å²) in [6.07, 6.45) is 0.464. The van der Waals surface area contributed by atoms with Crippen molar-refractivity contribution in [3.8, 4) is 0 Å². The first-order chi connectivity index (χ1) is 11.7. The molecule has 0 aromatic heterocycles. The summed E-state index contributed by atoms with van der Waals surface area (Å²) in [6.45, 7) is 2.94. The van der Waals surface area contributed by atoms with Crippen LogP contribution in [0.3, 0.4) is 0 Å². The van der Waals surface area contributed by atoms with Gasteiger partial charge in [0.2, 0.25) is 15.9 Å². The monoisotopic (exact) mass is 370 g/mol. The van der Waals surface area contributed by atoms with Crippen molar-refractivity contribution in [2.75, 3.05) is 19.6 Å². The van der Waals surface area contributed by atoms with Gasteiger partial charge in [-0.2, -0.15) is 0 Å². The van der Waals surface area contributed by atoms with E-state index < -0.39 is 28.4 Å². The molecule has 1 amide bonds. The molecule has 9 heteroatoms. The first-order valence-corrected chi connectivity index (χ1v) is 9.26. The van der Waals surface area contributed by atoms with Crippen molar-refractivity contribution in [2.24, 2.45) is 0 Å². The molecule has 0 aliphatic rings. The van der Waals surface area contributed by atoms with Crippen LogP contribution < -0.4 is 4.72 Å². The van der Waals surface area contributed by atoms with Gasteiger partial charge >= 0.3 is 5.97 Å². The van der Waals surface area contributed by atoms with E-state index >= 15 is 0 Å². The highest BCUT2D eigenvalue weighted by atomic mass is 32.2. The lowest BCUT2D eigenvalue weighted by Gasteiger charge is -2.20. The summed E-state index contributed by atoms with van der Waals surface area (Å²) in [7, 11) is -3.81. The van der Waals surface area contributed by atoms with E-state index in [2.05, 4.69) is 4.72 Å². The molecule has 1 aromatic carbocycles. The fraction of sp³-hybridized carbons (Fsp3) is 0.438. The van der Waals surface area contributed by atoms with Crippen LogP contribution in [-0.2, 0) is 19.6 Å². The average molecular weight is 370 g/mol. The number of nitrogens with zero attached hydrogens (tertiary/aromatic N) is 1. The Balaban J connectivity index is 2.64. The second kappa shape index (κ2) is 9.28. The van der Waals surface area contributed by atoms with Gasteiger partial charge in [-0.1, -0.05) is 19.1 Å².